The topological polar surface area (TPSA) is 101 Å². The number of benzene rings is 4. The molecule has 8 rings (SSSR count). The number of aromatic nitrogens is 4. The predicted octanol–water partition coefficient (Wildman–Crippen LogP) is 7.56. The fraction of sp³-hybridized carbons (Fsp3) is 0.182. The number of imidazole rings is 2. The second-order valence-corrected chi connectivity index (χ2v) is 13.7. The lowest BCUT2D eigenvalue weighted by atomic mass is 10.0. The molecule has 0 unspecified atom stereocenters. The molecule has 2 aromatic heterocycles. The van der Waals surface area contributed by atoms with Crippen LogP contribution in [-0.4, -0.2) is 73.6 Å². The zero-order valence-electron chi connectivity index (χ0n) is 29.8. The van der Waals surface area contributed by atoms with Gasteiger partial charge < -0.3 is 19.8 Å². The summed E-state index contributed by atoms with van der Waals surface area (Å²) < 4.78 is 0. The molecule has 2 N–H and O–H groups in total. The van der Waals surface area contributed by atoms with Gasteiger partial charge in [0.05, 0.1) is 30.2 Å². The average molecular weight is 700 g/mol. The summed E-state index contributed by atoms with van der Waals surface area (Å²) in [6.45, 7) is 1.11. The van der Waals surface area contributed by atoms with E-state index < -0.39 is 0 Å². The summed E-state index contributed by atoms with van der Waals surface area (Å²) in [7, 11) is 3.88. The van der Waals surface area contributed by atoms with Crippen molar-refractivity contribution in [3.05, 3.63) is 169 Å². The number of aromatic amines is 2. The lowest BCUT2D eigenvalue weighted by Gasteiger charge is -2.31. The lowest BCUT2D eigenvalue weighted by molar-refractivity contribution is -0.137. The van der Waals surface area contributed by atoms with Crippen LogP contribution in [0, 0.1) is 0 Å². The molecular formula is C44H41N7O2. The monoisotopic (exact) mass is 699 g/mol. The van der Waals surface area contributed by atoms with Crippen LogP contribution >= 0.6 is 0 Å². The fourth-order valence-corrected chi connectivity index (χ4v) is 7.28. The zero-order valence-corrected chi connectivity index (χ0v) is 29.8. The molecule has 0 radical (unpaired) electrons. The largest absolute Gasteiger partial charge is 0.340 e. The molecule has 0 spiro atoms. The molecular weight excluding hydrogens is 659 g/mol. The number of hydrogen-bond donors (Lipinski definition) is 2. The number of rotatable bonds is 10. The van der Waals surface area contributed by atoms with E-state index in [1.807, 2.05) is 126 Å². The molecule has 2 amide bonds. The van der Waals surface area contributed by atoms with Gasteiger partial charge in [-0.25, -0.2) is 9.97 Å². The van der Waals surface area contributed by atoms with Crippen LogP contribution in [0.1, 0.15) is 40.9 Å². The van der Waals surface area contributed by atoms with Gasteiger partial charge in [-0.05, 0) is 47.5 Å². The van der Waals surface area contributed by atoms with Crippen LogP contribution in [0.15, 0.2) is 146 Å². The van der Waals surface area contributed by atoms with E-state index in [2.05, 4.69) is 63.5 Å². The van der Waals surface area contributed by atoms with E-state index in [0.29, 0.717) is 19.5 Å². The number of H-pyrrole nitrogens is 2. The second-order valence-electron chi connectivity index (χ2n) is 13.7. The van der Waals surface area contributed by atoms with Gasteiger partial charge in [-0.2, -0.15) is 0 Å². The number of hydrogen-bond acceptors (Lipinski definition) is 5. The molecule has 0 saturated carbocycles. The molecule has 2 aliphatic rings. The van der Waals surface area contributed by atoms with Gasteiger partial charge >= 0.3 is 0 Å². The predicted molar refractivity (Wildman–Crippen MR) is 207 cm³/mol. The molecule has 0 bridgehead atoms. The number of nitrogens with one attached hydrogen (secondary N) is 2. The maximum absolute atomic E-state index is 13.8. The summed E-state index contributed by atoms with van der Waals surface area (Å²) >= 11 is 0. The van der Waals surface area contributed by atoms with E-state index in [0.717, 1.165) is 56.4 Å². The number of amides is 2. The van der Waals surface area contributed by atoms with Crippen LogP contribution in [0.5, 0.6) is 0 Å². The summed E-state index contributed by atoms with van der Waals surface area (Å²) in [6, 6.07) is 35.7. The number of likely N-dealkylation sites (N-methyl/N-ethyl adjacent to an activating group) is 1. The molecule has 0 fully saturated rings. The maximum atomic E-state index is 13.8. The highest BCUT2D eigenvalue weighted by atomic mass is 16.2. The smallest absolute Gasteiger partial charge is 0.245 e. The first-order valence-electron chi connectivity index (χ1n) is 17.9. The molecule has 264 valence electrons. The van der Waals surface area contributed by atoms with Gasteiger partial charge in [-0.1, -0.05) is 133 Å². The highest BCUT2D eigenvalue weighted by Crippen LogP contribution is 2.33. The third-order valence-electron chi connectivity index (χ3n) is 10.1. The van der Waals surface area contributed by atoms with Crippen LogP contribution in [0.3, 0.4) is 0 Å². The number of carbonyl (C=O) groups excluding carboxylic acids is 2. The Bertz CT molecular complexity index is 2250. The van der Waals surface area contributed by atoms with Crippen molar-refractivity contribution >= 4 is 11.8 Å². The molecule has 9 nitrogen and oxygen atoms in total. The van der Waals surface area contributed by atoms with Gasteiger partial charge in [0, 0.05) is 13.1 Å². The molecule has 4 heterocycles. The first-order valence-corrected chi connectivity index (χ1v) is 17.9. The van der Waals surface area contributed by atoms with Crippen LogP contribution in [0.25, 0.3) is 33.6 Å². The van der Waals surface area contributed by atoms with Crippen LogP contribution in [0.4, 0.5) is 0 Å². The summed E-state index contributed by atoms with van der Waals surface area (Å²) in [6.07, 6.45) is 12.2. The Morgan fingerprint density at radius 1 is 0.660 bits per heavy atom. The Labute approximate surface area is 309 Å². The summed E-state index contributed by atoms with van der Waals surface area (Å²) in [4.78, 5) is 49.0. The van der Waals surface area contributed by atoms with Crippen molar-refractivity contribution in [2.45, 2.75) is 24.5 Å². The standard InChI is InChI=1S/C44H41N7O2/c1-49(2)41(35-13-7-4-8-14-35)44(53)51-26-10-16-39(51)43-46-29-37(48-43)34-23-19-32(20-24-34)31-17-21-33(22-18-31)36-28-45-42(47-36)38-15-9-25-50(38)40(52)27-30-11-5-3-6-12-30/h3-24,28-29,38-39,41H,25-27H2,1-2H3,(H,45,47)(H,46,48)/t38-,39-,41+/m0/s1. The third kappa shape index (κ3) is 6.99. The molecule has 0 aliphatic carbocycles. The van der Waals surface area contributed by atoms with E-state index in [1.165, 1.54) is 0 Å². The van der Waals surface area contributed by atoms with Crippen molar-refractivity contribution in [2.75, 3.05) is 27.2 Å². The van der Waals surface area contributed by atoms with E-state index in [9.17, 15) is 9.59 Å². The zero-order chi connectivity index (χ0) is 36.3. The molecule has 0 saturated heterocycles. The molecule has 6 aromatic rings. The van der Waals surface area contributed by atoms with E-state index in [-0.39, 0.29) is 29.9 Å². The van der Waals surface area contributed by atoms with Gasteiger partial charge in [0.25, 0.3) is 0 Å². The molecule has 3 atom stereocenters. The van der Waals surface area contributed by atoms with Crippen molar-refractivity contribution in [1.29, 1.82) is 0 Å². The van der Waals surface area contributed by atoms with Crippen molar-refractivity contribution in [1.82, 2.24) is 34.6 Å². The molecule has 9 heteroatoms. The Balaban J connectivity index is 0.924. The lowest BCUT2D eigenvalue weighted by Crippen LogP contribution is -2.40. The molecule has 2 aliphatic heterocycles. The maximum Gasteiger partial charge on any atom is 0.245 e. The fourth-order valence-electron chi connectivity index (χ4n) is 7.28. The Morgan fingerprint density at radius 3 is 1.66 bits per heavy atom. The van der Waals surface area contributed by atoms with Gasteiger partial charge in [0.2, 0.25) is 11.8 Å². The van der Waals surface area contributed by atoms with E-state index >= 15 is 0 Å². The van der Waals surface area contributed by atoms with Crippen molar-refractivity contribution < 1.29 is 9.59 Å². The minimum atomic E-state index is -0.380. The minimum absolute atomic E-state index is 0.0427. The van der Waals surface area contributed by atoms with Gasteiger partial charge in [-0.3, -0.25) is 14.5 Å². The highest BCUT2D eigenvalue weighted by Gasteiger charge is 2.35. The van der Waals surface area contributed by atoms with Gasteiger partial charge in [0.1, 0.15) is 29.8 Å². The first kappa shape index (κ1) is 33.8. The number of carbonyl (C=O) groups is 2. The second kappa shape index (κ2) is 14.7. The van der Waals surface area contributed by atoms with Gasteiger partial charge in [0.15, 0.2) is 0 Å². The van der Waals surface area contributed by atoms with Crippen molar-refractivity contribution in [2.24, 2.45) is 0 Å². The summed E-state index contributed by atoms with van der Waals surface area (Å²) in [5.41, 5.74) is 8.01. The van der Waals surface area contributed by atoms with Crippen molar-refractivity contribution in [3.63, 3.8) is 0 Å². The minimum Gasteiger partial charge on any atom is -0.340 e. The quantitative estimate of drug-likeness (QED) is 0.144. The summed E-state index contributed by atoms with van der Waals surface area (Å²) in [5, 5.41) is 0. The molecule has 53 heavy (non-hydrogen) atoms. The number of nitrogens with zero attached hydrogens (tertiary/aromatic N) is 5. The van der Waals surface area contributed by atoms with Crippen LogP contribution in [-0.2, 0) is 16.0 Å². The van der Waals surface area contributed by atoms with Crippen LogP contribution < -0.4 is 0 Å². The third-order valence-corrected chi connectivity index (χ3v) is 10.1. The van der Waals surface area contributed by atoms with Crippen LogP contribution in [0.2, 0.25) is 0 Å². The van der Waals surface area contributed by atoms with E-state index in [4.69, 9.17) is 4.98 Å². The summed E-state index contributed by atoms with van der Waals surface area (Å²) in [5.74, 6) is 1.62. The van der Waals surface area contributed by atoms with E-state index in [1.54, 1.807) is 0 Å². The van der Waals surface area contributed by atoms with Crippen molar-refractivity contribution in [3.8, 4) is 33.6 Å². The Morgan fingerprint density at radius 2 is 1.13 bits per heavy atom. The first-order chi connectivity index (χ1) is 25.9. The SMILES string of the molecule is CN(C)[C@@H](C(=O)N1CC=C[C@H]1c1ncc(-c2ccc(-c3ccc(-c4cnc([C@@H]5C=CCN5C(=O)Cc5ccccc5)[nH]4)cc3)cc2)[nH]1)c1ccccc1. The Kier molecular flexibility index (Phi) is 9.40. The average Bonchev–Trinajstić information content (AvgIpc) is 4.03. The highest BCUT2D eigenvalue weighted by molar-refractivity contribution is 5.84. The molecule has 4 aromatic carbocycles. The Hall–Kier alpha value is -6.32. The normalized spacial score (nSPS) is 17.2. The van der Waals surface area contributed by atoms with Gasteiger partial charge in [-0.15, -0.1) is 0 Å².